The zero-order chi connectivity index (χ0) is 54.2. The van der Waals surface area contributed by atoms with Crippen molar-refractivity contribution < 1.29 is 43.5 Å². The Morgan fingerprint density at radius 2 is 0.973 bits per heavy atom. The number of fused-ring (bicyclic) bond motifs is 5. The van der Waals surface area contributed by atoms with Gasteiger partial charge in [-0.05, 0) is 201 Å². The molecule has 0 aromatic rings. The Balaban J connectivity index is 0.000000135. The first-order valence-electron chi connectivity index (χ1n) is 28.5. The quantitative estimate of drug-likeness (QED) is 0.0812. The van der Waals surface area contributed by atoms with Gasteiger partial charge in [0.1, 0.15) is 5.78 Å². The summed E-state index contributed by atoms with van der Waals surface area (Å²) >= 11 is 0. The van der Waals surface area contributed by atoms with Crippen molar-refractivity contribution in [2.75, 3.05) is 32.8 Å². The average Bonchev–Trinajstić information content (AvgIpc) is 3.90. The maximum absolute atomic E-state index is 11.8. The van der Waals surface area contributed by atoms with E-state index in [0.29, 0.717) is 74.3 Å². The van der Waals surface area contributed by atoms with Gasteiger partial charge in [0.05, 0.1) is 26.1 Å². The summed E-state index contributed by atoms with van der Waals surface area (Å²) in [6.45, 7) is 28.9. The number of carboxylic acids is 1. The molecule has 1 saturated heterocycles. The molecule has 11 rings (SSSR count). The Morgan fingerprint density at radius 3 is 1.29 bits per heavy atom. The fourth-order valence-electron chi connectivity index (χ4n) is 18.3. The number of aliphatic carboxylic acids is 1. The number of carbonyl (C=O) groups is 5. The fraction of sp³-hybridized carbons (Fsp3) is 0.883. The summed E-state index contributed by atoms with van der Waals surface area (Å²) in [6, 6.07) is 0. The van der Waals surface area contributed by atoms with Crippen LogP contribution in [-0.4, -0.2) is 72.5 Å². The number of amides is 1. The smallest absolute Gasteiger partial charge is 0.330 e. The van der Waals surface area contributed by atoms with E-state index in [1.54, 1.807) is 13.0 Å². The molecule has 13 heteroatoms. The fourth-order valence-corrected chi connectivity index (χ4v) is 18.3. The van der Waals surface area contributed by atoms with Crippen LogP contribution in [-0.2, 0) is 33.4 Å². The van der Waals surface area contributed by atoms with Gasteiger partial charge in [-0.2, -0.15) is 0 Å². The van der Waals surface area contributed by atoms with Gasteiger partial charge in [-0.3, -0.25) is 29.3 Å². The molecule has 13 nitrogen and oxygen atoms in total. The van der Waals surface area contributed by atoms with E-state index in [1.165, 1.54) is 69.8 Å². The normalized spacial score (nSPS) is 46.8. The molecule has 11 aliphatic rings. The molecular weight excluding hydrogens is 923 g/mol. The number of nitrogens with one attached hydrogen (secondary N) is 1. The minimum atomic E-state index is -0.700. The van der Waals surface area contributed by atoms with Crippen LogP contribution in [0, 0.1) is 80.5 Å². The van der Waals surface area contributed by atoms with E-state index in [9.17, 15) is 34.1 Å². The highest BCUT2D eigenvalue weighted by Gasteiger charge is 2.67. The summed E-state index contributed by atoms with van der Waals surface area (Å²) < 4.78 is 9.95. The molecule has 0 aromatic carbocycles. The van der Waals surface area contributed by atoms with Gasteiger partial charge in [-0.1, -0.05) is 74.8 Å². The molecule has 0 bridgehead atoms. The first kappa shape index (κ1) is 57.4. The molecule has 10 saturated carbocycles. The van der Waals surface area contributed by atoms with E-state index in [4.69, 9.17) is 20.3 Å². The van der Waals surface area contributed by atoms with Gasteiger partial charge >= 0.3 is 17.9 Å². The summed E-state index contributed by atoms with van der Waals surface area (Å²) in [7, 11) is 0. The van der Waals surface area contributed by atoms with Crippen LogP contribution in [0.5, 0.6) is 0 Å². The Kier molecular flexibility index (Phi) is 15.1. The Morgan fingerprint density at radius 1 is 0.589 bits per heavy atom. The minimum absolute atomic E-state index is 0.114. The summed E-state index contributed by atoms with van der Waals surface area (Å²) in [6.07, 6.45) is 25.5. The van der Waals surface area contributed by atoms with Crippen LogP contribution in [0.15, 0.2) is 11.6 Å². The summed E-state index contributed by atoms with van der Waals surface area (Å²) in [4.78, 5) is 67.2. The van der Waals surface area contributed by atoms with Crippen molar-refractivity contribution in [1.29, 1.82) is 0 Å². The predicted octanol–water partition coefficient (Wildman–Crippen LogP) is 12.1. The number of carboxylic acid groups (broad SMARTS) is 1. The molecular formula is C60H97N3O10. The molecule has 13 atom stereocenters. The number of hydrogen-bond acceptors (Lipinski definition) is 10. The van der Waals surface area contributed by atoms with Gasteiger partial charge in [0.15, 0.2) is 0 Å². The third-order valence-corrected chi connectivity index (χ3v) is 24.5. The molecule has 412 valence electrons. The van der Waals surface area contributed by atoms with Crippen LogP contribution < -0.4 is 11.1 Å². The van der Waals surface area contributed by atoms with E-state index in [-0.39, 0.29) is 58.4 Å². The first-order chi connectivity index (χ1) is 33.6. The van der Waals surface area contributed by atoms with Gasteiger partial charge in [-0.25, -0.2) is 4.79 Å². The summed E-state index contributed by atoms with van der Waals surface area (Å²) in [5.74, 6) is -0.395. The number of Topliss-reactive ketones (excluding diaryl/α,β-unsaturated/α-hetero) is 1. The average molecular weight is 1020 g/mol. The monoisotopic (exact) mass is 1020 g/mol. The van der Waals surface area contributed by atoms with Gasteiger partial charge in [0.2, 0.25) is 12.5 Å². The second-order valence-corrected chi connectivity index (χ2v) is 29.7. The second kappa shape index (κ2) is 19.3. The first-order valence-corrected chi connectivity index (χ1v) is 28.5. The van der Waals surface area contributed by atoms with E-state index < -0.39 is 11.4 Å². The van der Waals surface area contributed by atoms with Crippen LogP contribution in [0.3, 0.4) is 0 Å². The SMILES string of the molecule is CCOC(=O)C=C1C[C@]2(C)CC[C@]2(C)C1.CCOC(=O)CC1(C[N+](=O)[O-])C[C@]2(C)CC[C@]2(C)C1.C[C@@]12CC[C@]1(C)CC(=O)C2.C[C@@]12CC[C@]1(C)CC(CN)(CC(=O)O)C2.C[C@@]12CC[C@]1(C)CC1(CNC(=O)C1)C2. The number of nitrogens with zero attached hydrogens (tertiary/aromatic N) is 1. The lowest BCUT2D eigenvalue weighted by molar-refractivity contribution is -0.497. The Labute approximate surface area is 438 Å². The predicted molar refractivity (Wildman–Crippen MR) is 282 cm³/mol. The molecule has 1 heterocycles. The van der Waals surface area contributed by atoms with E-state index in [1.807, 2.05) is 6.92 Å². The lowest BCUT2D eigenvalue weighted by Gasteiger charge is -2.52. The van der Waals surface area contributed by atoms with E-state index in [2.05, 4.69) is 74.6 Å². The second-order valence-electron chi connectivity index (χ2n) is 29.7. The molecule has 73 heavy (non-hydrogen) atoms. The number of rotatable bonds is 10. The van der Waals surface area contributed by atoms with Crippen LogP contribution >= 0.6 is 0 Å². The van der Waals surface area contributed by atoms with Gasteiger partial charge in [-0.15, -0.1) is 0 Å². The number of ether oxygens (including phenoxy) is 2. The minimum Gasteiger partial charge on any atom is -0.481 e. The number of nitro groups is 1. The van der Waals surface area contributed by atoms with Crippen molar-refractivity contribution in [2.45, 2.75) is 231 Å². The third-order valence-electron chi connectivity index (χ3n) is 24.5. The van der Waals surface area contributed by atoms with Crippen molar-refractivity contribution in [3.63, 3.8) is 0 Å². The molecule has 0 aromatic heterocycles. The maximum Gasteiger partial charge on any atom is 0.330 e. The van der Waals surface area contributed by atoms with E-state index in [0.717, 1.165) is 77.2 Å². The number of carbonyl (C=O) groups excluding carboxylic acids is 4. The third kappa shape index (κ3) is 10.4. The van der Waals surface area contributed by atoms with E-state index >= 15 is 0 Å². The lowest BCUT2D eigenvalue weighted by atomic mass is 9.53. The van der Waals surface area contributed by atoms with Gasteiger partial charge < -0.3 is 25.6 Å². The molecule has 3 unspecified atom stereocenters. The Hall–Kier alpha value is -3.35. The number of ketones is 1. The van der Waals surface area contributed by atoms with Crippen LogP contribution in [0.2, 0.25) is 0 Å². The standard InChI is InChI=1S/C14H23NO4.C13H20O2.C12H21NO2.C12H19NO.C9H14O/c1-4-19-11(16)7-14(10-15(17)18)8-12(2)5-6-13(12,3)9-14;1-4-15-11(14)7-10-8-12(2)5-6-13(12,3)9-10;1-10-3-4-11(10,2)7-12(6-10,8-13)5-9(14)15;1-10-3-4-11(10,2)7-12(6-10)5-9(14)13-8-12;1-8-3-4-9(8,2)6-7(10)5-8/h4-10H2,1-3H3;7H,4-6,8-9H2,1-3H3;3-8,13H2,1-2H3,(H,14,15);3-8H2,1-2H3,(H,13,14);3-6H2,1-2H3/t12-,13+,14?;12-,13+;2*10-,11+,12?;8-,9+. The summed E-state index contributed by atoms with van der Waals surface area (Å²) in [5.41, 5.74) is 10.6. The highest BCUT2D eigenvalue weighted by atomic mass is 16.6. The largest absolute Gasteiger partial charge is 0.481 e. The molecule has 0 radical (unpaired) electrons. The molecule has 11 fully saturated rings. The molecule has 4 N–H and O–H groups in total. The molecule has 10 aliphatic carbocycles. The van der Waals surface area contributed by atoms with Crippen molar-refractivity contribution >= 4 is 29.6 Å². The number of allylic oxidation sites excluding steroid dienone is 1. The highest BCUT2D eigenvalue weighted by molar-refractivity contribution is 5.83. The van der Waals surface area contributed by atoms with Crippen molar-refractivity contribution in [1.82, 2.24) is 5.32 Å². The van der Waals surface area contributed by atoms with Crippen LogP contribution in [0.25, 0.3) is 0 Å². The van der Waals surface area contributed by atoms with Gasteiger partial charge in [0, 0.05) is 42.2 Å². The number of nitrogens with two attached hydrogens (primary N) is 1. The number of hydrogen-bond donors (Lipinski definition) is 3. The highest BCUT2D eigenvalue weighted by Crippen LogP contribution is 2.74. The molecule has 1 spiro atoms. The maximum atomic E-state index is 11.8. The zero-order valence-electron chi connectivity index (χ0n) is 47.5. The van der Waals surface area contributed by atoms with Gasteiger partial charge in [0.25, 0.3) is 0 Å². The van der Waals surface area contributed by atoms with Crippen LogP contribution in [0.1, 0.15) is 231 Å². The van der Waals surface area contributed by atoms with Crippen LogP contribution in [0.4, 0.5) is 0 Å². The topological polar surface area (TPSA) is 205 Å². The van der Waals surface area contributed by atoms with Crippen molar-refractivity contribution in [3.05, 3.63) is 21.8 Å². The molecule has 1 amide bonds. The lowest BCUT2D eigenvalue weighted by Crippen LogP contribution is -2.42. The van der Waals surface area contributed by atoms with Crippen molar-refractivity contribution in [3.8, 4) is 0 Å². The Bertz CT molecular complexity index is 2150. The zero-order valence-corrected chi connectivity index (χ0v) is 47.5. The number of esters is 2. The van der Waals surface area contributed by atoms with Crippen molar-refractivity contribution in [2.24, 2.45) is 76.1 Å². The molecule has 1 aliphatic heterocycles. The summed E-state index contributed by atoms with van der Waals surface area (Å²) in [5, 5.41) is 23.0.